The molecule has 1 N–H and O–H groups in total. The molecule has 2 aromatic rings. The number of nitrogens with one attached hydrogen (secondary N) is 1. The molecule has 24 heavy (non-hydrogen) atoms. The maximum absolute atomic E-state index is 12.8. The fourth-order valence-corrected chi connectivity index (χ4v) is 1.85. The molecule has 0 aliphatic rings. The molecule has 2 atom stereocenters. The van der Waals surface area contributed by atoms with Crippen LogP contribution >= 0.6 is 0 Å². The summed E-state index contributed by atoms with van der Waals surface area (Å²) < 4.78 is 23.4. The van der Waals surface area contributed by atoms with E-state index < -0.39 is 29.9 Å². The SMILES string of the molecule is C[C@H](OC(=O)[C@@H](C)Oc1ccccc1)C(=O)Nc1ccc(F)cc1. The number of hydrogen-bond acceptors (Lipinski definition) is 4. The lowest BCUT2D eigenvalue weighted by molar-refractivity contribution is -0.159. The van der Waals surface area contributed by atoms with E-state index >= 15 is 0 Å². The van der Waals surface area contributed by atoms with Crippen molar-refractivity contribution in [2.75, 3.05) is 5.32 Å². The van der Waals surface area contributed by atoms with Gasteiger partial charge in [0, 0.05) is 5.69 Å². The second-order valence-electron chi connectivity index (χ2n) is 5.15. The van der Waals surface area contributed by atoms with Gasteiger partial charge < -0.3 is 14.8 Å². The van der Waals surface area contributed by atoms with Crippen LogP contribution in [0, 0.1) is 5.82 Å². The summed E-state index contributed by atoms with van der Waals surface area (Å²) in [4.78, 5) is 24.0. The molecule has 0 bridgehead atoms. The summed E-state index contributed by atoms with van der Waals surface area (Å²) in [6.45, 7) is 2.99. The van der Waals surface area contributed by atoms with Crippen LogP contribution in [0.5, 0.6) is 5.75 Å². The first-order valence-corrected chi connectivity index (χ1v) is 7.44. The van der Waals surface area contributed by atoms with Crippen molar-refractivity contribution in [2.24, 2.45) is 0 Å². The van der Waals surface area contributed by atoms with Crippen LogP contribution < -0.4 is 10.1 Å². The molecule has 1 amide bonds. The van der Waals surface area contributed by atoms with Crippen molar-refractivity contribution in [3.8, 4) is 5.75 Å². The van der Waals surface area contributed by atoms with Crippen molar-refractivity contribution >= 4 is 17.6 Å². The molecule has 0 saturated heterocycles. The van der Waals surface area contributed by atoms with Gasteiger partial charge in [0.25, 0.3) is 5.91 Å². The van der Waals surface area contributed by atoms with E-state index in [2.05, 4.69) is 5.32 Å². The van der Waals surface area contributed by atoms with Gasteiger partial charge in [-0.1, -0.05) is 18.2 Å². The minimum absolute atomic E-state index is 0.403. The third kappa shape index (κ3) is 5.08. The standard InChI is InChI=1S/C18H18FNO4/c1-12(17(21)20-15-10-8-14(19)9-11-15)24-18(22)13(2)23-16-6-4-3-5-7-16/h3-13H,1-2H3,(H,20,21)/t12-,13+/m0/s1. The number of benzene rings is 2. The average molecular weight is 331 g/mol. The molecular formula is C18H18FNO4. The van der Waals surface area contributed by atoms with E-state index in [-0.39, 0.29) is 0 Å². The lowest BCUT2D eigenvalue weighted by Gasteiger charge is -2.17. The summed E-state index contributed by atoms with van der Waals surface area (Å²) in [5, 5.41) is 2.54. The summed E-state index contributed by atoms with van der Waals surface area (Å²) in [6, 6.07) is 14.1. The van der Waals surface area contributed by atoms with Gasteiger partial charge in [0.05, 0.1) is 0 Å². The highest BCUT2D eigenvalue weighted by Gasteiger charge is 2.23. The second-order valence-corrected chi connectivity index (χ2v) is 5.15. The fraction of sp³-hybridized carbons (Fsp3) is 0.222. The number of halogens is 1. The molecular weight excluding hydrogens is 313 g/mol. The highest BCUT2D eigenvalue weighted by molar-refractivity contribution is 5.95. The molecule has 0 spiro atoms. The Bertz CT molecular complexity index is 688. The van der Waals surface area contributed by atoms with E-state index in [1.807, 2.05) is 6.07 Å². The quantitative estimate of drug-likeness (QED) is 0.826. The summed E-state index contributed by atoms with van der Waals surface area (Å²) in [5.41, 5.74) is 0.415. The van der Waals surface area contributed by atoms with Gasteiger partial charge in [0.1, 0.15) is 11.6 Å². The Balaban J connectivity index is 1.85. The molecule has 6 heteroatoms. The first-order chi connectivity index (χ1) is 11.5. The summed E-state index contributed by atoms with van der Waals surface area (Å²) in [7, 11) is 0. The zero-order valence-corrected chi connectivity index (χ0v) is 13.4. The largest absolute Gasteiger partial charge is 0.479 e. The van der Waals surface area contributed by atoms with Crippen LogP contribution in [-0.2, 0) is 14.3 Å². The Labute approximate surface area is 139 Å². The number of para-hydroxylation sites is 1. The van der Waals surface area contributed by atoms with Crippen molar-refractivity contribution in [1.29, 1.82) is 0 Å². The molecule has 2 aromatic carbocycles. The molecule has 0 heterocycles. The van der Waals surface area contributed by atoms with E-state index in [9.17, 15) is 14.0 Å². The number of carbonyl (C=O) groups excluding carboxylic acids is 2. The molecule has 126 valence electrons. The Kier molecular flexibility index (Phi) is 5.89. The third-order valence-corrected chi connectivity index (χ3v) is 3.16. The second kappa shape index (κ2) is 8.10. The van der Waals surface area contributed by atoms with E-state index in [4.69, 9.17) is 9.47 Å². The van der Waals surface area contributed by atoms with Crippen molar-refractivity contribution in [3.05, 3.63) is 60.4 Å². The number of hydrogen-bond donors (Lipinski definition) is 1. The van der Waals surface area contributed by atoms with Gasteiger partial charge in [-0.2, -0.15) is 0 Å². The molecule has 0 fully saturated rings. The number of amides is 1. The maximum atomic E-state index is 12.8. The first kappa shape index (κ1) is 17.5. The van der Waals surface area contributed by atoms with Crippen LogP contribution in [0.1, 0.15) is 13.8 Å². The van der Waals surface area contributed by atoms with Crippen LogP contribution in [-0.4, -0.2) is 24.1 Å². The predicted molar refractivity (Wildman–Crippen MR) is 87.1 cm³/mol. The summed E-state index contributed by atoms with van der Waals surface area (Å²) in [5.74, 6) is -1.03. The lowest BCUT2D eigenvalue weighted by atomic mass is 10.3. The minimum Gasteiger partial charge on any atom is -0.479 e. The highest BCUT2D eigenvalue weighted by Crippen LogP contribution is 2.13. The van der Waals surface area contributed by atoms with Crippen molar-refractivity contribution in [3.63, 3.8) is 0 Å². The van der Waals surface area contributed by atoms with Gasteiger partial charge in [-0.15, -0.1) is 0 Å². The molecule has 0 saturated carbocycles. The Hall–Kier alpha value is -2.89. The van der Waals surface area contributed by atoms with Gasteiger partial charge in [-0.3, -0.25) is 4.79 Å². The fourth-order valence-electron chi connectivity index (χ4n) is 1.85. The van der Waals surface area contributed by atoms with Gasteiger partial charge >= 0.3 is 5.97 Å². The van der Waals surface area contributed by atoms with E-state index in [1.165, 1.54) is 31.2 Å². The molecule has 0 radical (unpaired) electrons. The Morgan fingerprint density at radius 3 is 2.21 bits per heavy atom. The molecule has 0 aromatic heterocycles. The number of rotatable bonds is 6. The monoisotopic (exact) mass is 331 g/mol. The molecule has 5 nitrogen and oxygen atoms in total. The number of carbonyl (C=O) groups is 2. The highest BCUT2D eigenvalue weighted by atomic mass is 19.1. The number of ether oxygens (including phenoxy) is 2. The van der Waals surface area contributed by atoms with Gasteiger partial charge in [0.2, 0.25) is 0 Å². The average Bonchev–Trinajstić information content (AvgIpc) is 2.57. The third-order valence-electron chi connectivity index (χ3n) is 3.16. The van der Waals surface area contributed by atoms with E-state index in [1.54, 1.807) is 31.2 Å². The predicted octanol–water partition coefficient (Wildman–Crippen LogP) is 3.16. The van der Waals surface area contributed by atoms with Crippen LogP contribution in [0.2, 0.25) is 0 Å². The normalized spacial score (nSPS) is 12.8. The van der Waals surface area contributed by atoms with Crippen LogP contribution in [0.3, 0.4) is 0 Å². The molecule has 0 aliphatic heterocycles. The van der Waals surface area contributed by atoms with Crippen molar-refractivity contribution < 1.29 is 23.5 Å². The number of esters is 1. The lowest BCUT2D eigenvalue weighted by Crippen LogP contribution is -2.35. The van der Waals surface area contributed by atoms with Crippen LogP contribution in [0.25, 0.3) is 0 Å². The van der Waals surface area contributed by atoms with Crippen LogP contribution in [0.4, 0.5) is 10.1 Å². The van der Waals surface area contributed by atoms with E-state index in [0.29, 0.717) is 11.4 Å². The Morgan fingerprint density at radius 2 is 1.58 bits per heavy atom. The zero-order chi connectivity index (χ0) is 17.5. The molecule has 0 unspecified atom stereocenters. The minimum atomic E-state index is -1.01. The topological polar surface area (TPSA) is 64.6 Å². The van der Waals surface area contributed by atoms with Crippen molar-refractivity contribution in [2.45, 2.75) is 26.1 Å². The number of anilines is 1. The summed E-state index contributed by atoms with van der Waals surface area (Å²) >= 11 is 0. The van der Waals surface area contributed by atoms with Gasteiger partial charge in [0.15, 0.2) is 12.2 Å². The van der Waals surface area contributed by atoms with Crippen molar-refractivity contribution in [1.82, 2.24) is 0 Å². The summed E-state index contributed by atoms with van der Waals surface area (Å²) in [6.07, 6.45) is -1.86. The maximum Gasteiger partial charge on any atom is 0.347 e. The first-order valence-electron chi connectivity index (χ1n) is 7.44. The van der Waals surface area contributed by atoms with E-state index in [0.717, 1.165) is 0 Å². The van der Waals surface area contributed by atoms with Crippen LogP contribution in [0.15, 0.2) is 54.6 Å². The van der Waals surface area contributed by atoms with Gasteiger partial charge in [-0.05, 0) is 50.2 Å². The molecule has 0 aliphatic carbocycles. The molecule has 2 rings (SSSR count). The zero-order valence-electron chi connectivity index (χ0n) is 13.4. The van der Waals surface area contributed by atoms with Gasteiger partial charge in [-0.25, -0.2) is 9.18 Å². The Morgan fingerprint density at radius 1 is 0.958 bits per heavy atom. The smallest absolute Gasteiger partial charge is 0.347 e.